The predicted molar refractivity (Wildman–Crippen MR) is 89.7 cm³/mol. The fraction of sp³-hybridized carbons (Fsp3) is 0.412. The summed E-state index contributed by atoms with van der Waals surface area (Å²) >= 11 is 6.04. The molecule has 0 aliphatic carbocycles. The van der Waals surface area contributed by atoms with Gasteiger partial charge in [-0.25, -0.2) is 0 Å². The van der Waals surface area contributed by atoms with Gasteiger partial charge in [-0.15, -0.1) is 0 Å². The Morgan fingerprint density at radius 2 is 2.35 bits per heavy atom. The Bertz CT molecular complexity index is 686. The number of carbonyl (C=O) groups is 1. The van der Waals surface area contributed by atoms with Crippen molar-refractivity contribution in [3.63, 3.8) is 0 Å². The number of amides is 1. The van der Waals surface area contributed by atoms with E-state index in [-0.39, 0.29) is 12.3 Å². The first-order valence-electron chi connectivity index (χ1n) is 7.79. The minimum Gasteiger partial charge on any atom is -0.371 e. The van der Waals surface area contributed by atoms with Crippen LogP contribution in [0.15, 0.2) is 34.9 Å². The molecule has 1 atom stereocenters. The van der Waals surface area contributed by atoms with Crippen molar-refractivity contribution < 1.29 is 9.32 Å². The number of nitrogens with zero attached hydrogens (tertiary/aromatic N) is 2. The Hall–Kier alpha value is -2.01. The molecule has 0 bridgehead atoms. The van der Waals surface area contributed by atoms with Gasteiger partial charge in [0, 0.05) is 36.4 Å². The number of nitrogens with one attached hydrogen (secondary N) is 1. The number of aromatic nitrogens is 1. The first-order chi connectivity index (χ1) is 11.1. The molecule has 1 aromatic heterocycles. The third-order valence-electron chi connectivity index (χ3n) is 4.06. The molecule has 6 heteroatoms. The summed E-state index contributed by atoms with van der Waals surface area (Å²) in [6.45, 7) is 4.45. The van der Waals surface area contributed by atoms with Gasteiger partial charge in [-0.05, 0) is 37.5 Å². The summed E-state index contributed by atoms with van der Waals surface area (Å²) in [6.07, 6.45) is 1.31. The molecule has 0 spiro atoms. The maximum Gasteiger partial charge on any atom is 0.227 e. The van der Waals surface area contributed by atoms with E-state index in [9.17, 15) is 4.79 Å². The summed E-state index contributed by atoms with van der Waals surface area (Å²) in [5, 5.41) is 7.52. The average molecular weight is 334 g/mol. The molecule has 122 valence electrons. The fourth-order valence-corrected chi connectivity index (χ4v) is 3.07. The average Bonchev–Trinajstić information content (AvgIpc) is 3.14. The molecule has 1 amide bonds. The van der Waals surface area contributed by atoms with Gasteiger partial charge in [0.1, 0.15) is 5.76 Å². The van der Waals surface area contributed by atoms with Gasteiger partial charge < -0.3 is 14.7 Å². The minimum atomic E-state index is -0.0256. The number of benzene rings is 1. The van der Waals surface area contributed by atoms with E-state index in [4.69, 9.17) is 16.1 Å². The van der Waals surface area contributed by atoms with E-state index >= 15 is 0 Å². The first kappa shape index (κ1) is 15.9. The lowest BCUT2D eigenvalue weighted by Crippen LogP contribution is -2.31. The first-order valence-corrected chi connectivity index (χ1v) is 8.17. The topological polar surface area (TPSA) is 58.4 Å². The predicted octanol–water partition coefficient (Wildman–Crippen LogP) is 2.82. The highest BCUT2D eigenvalue weighted by atomic mass is 35.5. The number of rotatable bonds is 5. The molecular weight excluding hydrogens is 314 g/mol. The maximum absolute atomic E-state index is 11.9. The van der Waals surface area contributed by atoms with E-state index in [0.29, 0.717) is 18.2 Å². The molecule has 1 saturated heterocycles. The number of carbonyl (C=O) groups excluding carboxylic acids is 1. The molecule has 23 heavy (non-hydrogen) atoms. The van der Waals surface area contributed by atoms with Crippen molar-refractivity contribution in [2.45, 2.75) is 19.8 Å². The van der Waals surface area contributed by atoms with Gasteiger partial charge in [0.2, 0.25) is 5.91 Å². The molecular formula is C17H20ClN3O2. The smallest absolute Gasteiger partial charge is 0.227 e. The quantitative estimate of drug-likeness (QED) is 0.914. The van der Waals surface area contributed by atoms with Crippen LogP contribution in [0.4, 0.5) is 5.69 Å². The highest BCUT2D eigenvalue weighted by Gasteiger charge is 2.23. The van der Waals surface area contributed by atoms with Crippen LogP contribution in [0.1, 0.15) is 17.9 Å². The molecule has 3 rings (SSSR count). The monoisotopic (exact) mass is 333 g/mol. The third-order valence-corrected chi connectivity index (χ3v) is 4.29. The molecule has 1 N–H and O–H groups in total. The zero-order valence-electron chi connectivity index (χ0n) is 13.1. The van der Waals surface area contributed by atoms with Crippen LogP contribution in [0, 0.1) is 12.8 Å². The summed E-state index contributed by atoms with van der Waals surface area (Å²) in [5.41, 5.74) is 1.93. The van der Waals surface area contributed by atoms with Crippen molar-refractivity contribution >= 4 is 23.2 Å². The normalized spacial score (nSPS) is 17.5. The third kappa shape index (κ3) is 4.26. The van der Waals surface area contributed by atoms with Crippen LogP contribution in [0.25, 0.3) is 0 Å². The molecule has 5 nitrogen and oxygen atoms in total. The van der Waals surface area contributed by atoms with E-state index < -0.39 is 0 Å². The molecule has 1 fully saturated rings. The van der Waals surface area contributed by atoms with E-state index in [1.54, 1.807) is 6.07 Å². The largest absolute Gasteiger partial charge is 0.371 e. The molecule has 0 unspecified atom stereocenters. The van der Waals surface area contributed by atoms with Crippen LogP contribution in [0.2, 0.25) is 5.02 Å². The summed E-state index contributed by atoms with van der Waals surface area (Å²) in [4.78, 5) is 14.3. The van der Waals surface area contributed by atoms with E-state index in [0.717, 1.165) is 35.9 Å². The maximum atomic E-state index is 11.9. The molecule has 2 heterocycles. The SMILES string of the molecule is Cc1cc(CC(=O)NC[C@H]2CCN(c3cccc(Cl)c3)C2)on1. The second-order valence-corrected chi connectivity index (χ2v) is 6.43. The van der Waals surface area contributed by atoms with Crippen molar-refractivity contribution in [3.8, 4) is 0 Å². The molecule has 0 radical (unpaired) electrons. The van der Waals surface area contributed by atoms with Crippen LogP contribution >= 0.6 is 11.6 Å². The van der Waals surface area contributed by atoms with Crippen molar-refractivity contribution in [3.05, 3.63) is 46.8 Å². The highest BCUT2D eigenvalue weighted by Crippen LogP contribution is 2.25. The lowest BCUT2D eigenvalue weighted by atomic mass is 10.1. The number of hydrogen-bond donors (Lipinski definition) is 1. The van der Waals surface area contributed by atoms with Gasteiger partial charge in [-0.2, -0.15) is 0 Å². The Morgan fingerprint density at radius 1 is 1.48 bits per heavy atom. The lowest BCUT2D eigenvalue weighted by molar-refractivity contribution is -0.120. The number of anilines is 1. The van der Waals surface area contributed by atoms with Gasteiger partial charge in [-0.1, -0.05) is 22.8 Å². The van der Waals surface area contributed by atoms with Crippen molar-refractivity contribution in [2.24, 2.45) is 5.92 Å². The second-order valence-electron chi connectivity index (χ2n) is 6.00. The Morgan fingerprint density at radius 3 is 3.09 bits per heavy atom. The number of hydrogen-bond acceptors (Lipinski definition) is 4. The van der Waals surface area contributed by atoms with Crippen molar-refractivity contribution in [2.75, 3.05) is 24.5 Å². The zero-order chi connectivity index (χ0) is 16.2. The zero-order valence-corrected chi connectivity index (χ0v) is 13.8. The summed E-state index contributed by atoms with van der Waals surface area (Å²) < 4.78 is 5.06. The van der Waals surface area contributed by atoms with Crippen LogP contribution in [0.3, 0.4) is 0 Å². The van der Waals surface area contributed by atoms with Gasteiger partial charge in [0.15, 0.2) is 0 Å². The minimum absolute atomic E-state index is 0.0256. The van der Waals surface area contributed by atoms with Gasteiger partial charge in [0.25, 0.3) is 0 Å². The summed E-state index contributed by atoms with van der Waals surface area (Å²) in [5.74, 6) is 1.03. The Kier molecular flexibility index (Phi) is 4.86. The van der Waals surface area contributed by atoms with E-state index in [1.165, 1.54) is 0 Å². The fourth-order valence-electron chi connectivity index (χ4n) is 2.89. The summed E-state index contributed by atoms with van der Waals surface area (Å²) in [7, 11) is 0. The highest BCUT2D eigenvalue weighted by molar-refractivity contribution is 6.30. The van der Waals surface area contributed by atoms with Gasteiger partial charge >= 0.3 is 0 Å². The van der Waals surface area contributed by atoms with Crippen LogP contribution < -0.4 is 10.2 Å². The Labute approximate surface area is 140 Å². The molecule has 1 aliphatic heterocycles. The van der Waals surface area contributed by atoms with Crippen LogP contribution in [-0.2, 0) is 11.2 Å². The standard InChI is InChI=1S/C17H20ClN3O2/c1-12-7-16(23-20-12)9-17(22)19-10-13-5-6-21(11-13)15-4-2-3-14(18)8-15/h2-4,7-8,13H,5-6,9-11H2,1H3,(H,19,22)/t13-/m1/s1. The summed E-state index contributed by atoms with van der Waals surface area (Å²) in [6, 6.07) is 9.68. The van der Waals surface area contributed by atoms with Gasteiger partial charge in [0.05, 0.1) is 12.1 Å². The van der Waals surface area contributed by atoms with Crippen molar-refractivity contribution in [1.82, 2.24) is 10.5 Å². The molecule has 0 saturated carbocycles. The second kappa shape index (κ2) is 7.04. The van der Waals surface area contributed by atoms with E-state index in [1.807, 2.05) is 25.1 Å². The van der Waals surface area contributed by atoms with Crippen molar-refractivity contribution in [1.29, 1.82) is 0 Å². The molecule has 1 aliphatic rings. The molecule has 1 aromatic carbocycles. The molecule has 2 aromatic rings. The van der Waals surface area contributed by atoms with E-state index in [2.05, 4.69) is 21.4 Å². The van der Waals surface area contributed by atoms with Crippen LogP contribution in [-0.4, -0.2) is 30.7 Å². The van der Waals surface area contributed by atoms with Gasteiger partial charge in [-0.3, -0.25) is 4.79 Å². The number of halogens is 1. The van der Waals surface area contributed by atoms with Crippen LogP contribution in [0.5, 0.6) is 0 Å². The lowest BCUT2D eigenvalue weighted by Gasteiger charge is -2.19. The Balaban J connectivity index is 1.46. The number of aryl methyl sites for hydroxylation is 1.